The second-order valence-corrected chi connectivity index (χ2v) is 6.25. The fourth-order valence-corrected chi connectivity index (χ4v) is 3.21. The van der Waals surface area contributed by atoms with Crippen LogP contribution in [-0.2, 0) is 6.54 Å². The largest absolute Gasteiger partial charge is 0.308 e. The molecule has 2 aromatic heterocycles. The molecular formula is C14H19BrN4. The van der Waals surface area contributed by atoms with E-state index in [1.807, 2.05) is 12.4 Å². The van der Waals surface area contributed by atoms with Gasteiger partial charge in [-0.3, -0.25) is 4.40 Å². The number of halogens is 1. The summed E-state index contributed by atoms with van der Waals surface area (Å²) in [6.45, 7) is 3.22. The first-order valence-electron chi connectivity index (χ1n) is 6.95. The van der Waals surface area contributed by atoms with Gasteiger partial charge in [-0.2, -0.15) is 0 Å². The van der Waals surface area contributed by atoms with Gasteiger partial charge in [-0.1, -0.05) is 19.8 Å². The predicted molar refractivity (Wildman–Crippen MR) is 78.9 cm³/mol. The molecule has 2 atom stereocenters. The summed E-state index contributed by atoms with van der Waals surface area (Å²) in [5.41, 5.74) is 2.09. The molecule has 5 heteroatoms. The van der Waals surface area contributed by atoms with Crippen LogP contribution in [0.3, 0.4) is 0 Å². The topological polar surface area (TPSA) is 42.2 Å². The summed E-state index contributed by atoms with van der Waals surface area (Å²) < 4.78 is 2.93. The quantitative estimate of drug-likeness (QED) is 0.943. The van der Waals surface area contributed by atoms with Crippen LogP contribution >= 0.6 is 15.9 Å². The van der Waals surface area contributed by atoms with Crippen LogP contribution in [0.4, 0.5) is 0 Å². The molecule has 2 aromatic rings. The molecule has 0 spiro atoms. The highest BCUT2D eigenvalue weighted by atomic mass is 79.9. The zero-order valence-corrected chi connectivity index (χ0v) is 12.7. The molecule has 3 rings (SSSR count). The molecule has 0 saturated heterocycles. The molecule has 2 unspecified atom stereocenters. The number of imidazole rings is 1. The van der Waals surface area contributed by atoms with Crippen LogP contribution in [0.15, 0.2) is 23.2 Å². The van der Waals surface area contributed by atoms with Crippen molar-refractivity contribution in [3.8, 4) is 0 Å². The average Bonchev–Trinajstić information content (AvgIpc) is 2.80. The molecule has 0 aromatic carbocycles. The first-order valence-corrected chi connectivity index (χ1v) is 7.74. The van der Waals surface area contributed by atoms with Crippen molar-refractivity contribution in [3.63, 3.8) is 0 Å². The van der Waals surface area contributed by atoms with Crippen molar-refractivity contribution in [2.45, 2.75) is 45.2 Å². The molecule has 1 aliphatic carbocycles. The van der Waals surface area contributed by atoms with E-state index >= 15 is 0 Å². The molecule has 1 N–H and O–H groups in total. The maximum absolute atomic E-state index is 4.38. The maximum Gasteiger partial charge on any atom is 0.155 e. The first kappa shape index (κ1) is 13.1. The lowest BCUT2D eigenvalue weighted by Gasteiger charge is -2.29. The van der Waals surface area contributed by atoms with Crippen molar-refractivity contribution < 1.29 is 0 Å². The lowest BCUT2D eigenvalue weighted by molar-refractivity contribution is 0.278. The van der Waals surface area contributed by atoms with E-state index < -0.39 is 0 Å². The number of nitrogens with zero attached hydrogens (tertiary/aromatic N) is 3. The molecule has 2 heterocycles. The summed E-state index contributed by atoms with van der Waals surface area (Å²) in [7, 11) is 0. The lowest BCUT2D eigenvalue weighted by atomic mass is 9.86. The number of rotatable bonds is 3. The molecule has 1 fully saturated rings. The monoisotopic (exact) mass is 322 g/mol. The van der Waals surface area contributed by atoms with E-state index in [1.54, 1.807) is 6.20 Å². The Hall–Kier alpha value is -0.940. The minimum atomic E-state index is 0.643. The molecule has 0 amide bonds. The third-order valence-corrected chi connectivity index (χ3v) is 4.51. The van der Waals surface area contributed by atoms with Gasteiger partial charge in [0.2, 0.25) is 0 Å². The van der Waals surface area contributed by atoms with Crippen molar-refractivity contribution in [1.82, 2.24) is 19.7 Å². The van der Waals surface area contributed by atoms with Crippen molar-refractivity contribution in [3.05, 3.63) is 28.9 Å². The Bertz CT molecular complexity index is 566. The molecule has 0 bridgehead atoms. The van der Waals surface area contributed by atoms with Gasteiger partial charge in [0.25, 0.3) is 0 Å². The number of aromatic nitrogens is 3. The fraction of sp³-hybridized carbons (Fsp3) is 0.571. The van der Waals surface area contributed by atoms with E-state index in [0.29, 0.717) is 6.04 Å². The highest BCUT2D eigenvalue weighted by Crippen LogP contribution is 2.24. The summed E-state index contributed by atoms with van der Waals surface area (Å²) in [4.78, 5) is 8.58. The van der Waals surface area contributed by atoms with Gasteiger partial charge in [0, 0.05) is 18.8 Å². The third-order valence-electron chi connectivity index (χ3n) is 4.10. The van der Waals surface area contributed by atoms with Crippen LogP contribution < -0.4 is 5.32 Å². The van der Waals surface area contributed by atoms with Crippen LogP contribution in [0, 0.1) is 5.92 Å². The van der Waals surface area contributed by atoms with E-state index in [0.717, 1.165) is 22.7 Å². The number of nitrogens with one attached hydrogen (secondary N) is 1. The van der Waals surface area contributed by atoms with Crippen molar-refractivity contribution in [1.29, 1.82) is 0 Å². The van der Waals surface area contributed by atoms with Crippen molar-refractivity contribution in [2.75, 3.05) is 0 Å². The van der Waals surface area contributed by atoms with Gasteiger partial charge in [0.1, 0.15) is 4.60 Å². The molecule has 1 aliphatic rings. The van der Waals surface area contributed by atoms with Gasteiger partial charge < -0.3 is 5.32 Å². The van der Waals surface area contributed by atoms with Gasteiger partial charge >= 0.3 is 0 Å². The fourth-order valence-electron chi connectivity index (χ4n) is 2.90. The van der Waals surface area contributed by atoms with Gasteiger partial charge in [-0.05, 0) is 34.7 Å². The zero-order valence-electron chi connectivity index (χ0n) is 11.1. The zero-order chi connectivity index (χ0) is 13.2. The Morgan fingerprint density at radius 3 is 3.00 bits per heavy atom. The molecule has 0 aliphatic heterocycles. The van der Waals surface area contributed by atoms with Crippen LogP contribution in [0.2, 0.25) is 0 Å². The Morgan fingerprint density at radius 1 is 1.32 bits per heavy atom. The number of hydrogen-bond acceptors (Lipinski definition) is 3. The molecular weight excluding hydrogens is 304 g/mol. The van der Waals surface area contributed by atoms with Gasteiger partial charge in [-0.25, -0.2) is 9.97 Å². The molecule has 102 valence electrons. The molecule has 1 saturated carbocycles. The van der Waals surface area contributed by atoms with E-state index in [2.05, 4.69) is 42.5 Å². The van der Waals surface area contributed by atoms with Gasteiger partial charge in [0.15, 0.2) is 5.65 Å². The Labute approximate surface area is 121 Å². The van der Waals surface area contributed by atoms with Crippen molar-refractivity contribution in [2.24, 2.45) is 5.92 Å². The van der Waals surface area contributed by atoms with E-state index in [1.165, 1.54) is 31.4 Å². The number of hydrogen-bond donors (Lipinski definition) is 1. The summed E-state index contributed by atoms with van der Waals surface area (Å²) in [6, 6.07) is 0.643. The Kier molecular flexibility index (Phi) is 3.84. The van der Waals surface area contributed by atoms with E-state index in [9.17, 15) is 0 Å². The average molecular weight is 323 g/mol. The SMILES string of the molecule is CC1CCCCC1NCc1cnc2cnc(Br)cn12. The minimum absolute atomic E-state index is 0.643. The smallest absolute Gasteiger partial charge is 0.155 e. The predicted octanol–water partition coefficient (Wildman–Crippen LogP) is 3.16. The Balaban J connectivity index is 1.72. The van der Waals surface area contributed by atoms with Gasteiger partial charge in [0.05, 0.1) is 18.1 Å². The lowest BCUT2D eigenvalue weighted by Crippen LogP contribution is -2.36. The summed E-state index contributed by atoms with van der Waals surface area (Å²) in [5.74, 6) is 0.779. The second kappa shape index (κ2) is 5.59. The maximum atomic E-state index is 4.38. The molecule has 4 nitrogen and oxygen atoms in total. The minimum Gasteiger partial charge on any atom is -0.308 e. The Morgan fingerprint density at radius 2 is 2.16 bits per heavy atom. The van der Waals surface area contributed by atoms with Gasteiger partial charge in [-0.15, -0.1) is 0 Å². The standard InChI is InChI=1S/C14H19BrN4/c1-10-4-2-3-5-12(10)16-6-11-7-18-14-8-17-13(15)9-19(11)14/h7-10,12,16H,2-6H2,1H3. The number of fused-ring (bicyclic) bond motifs is 1. The van der Waals surface area contributed by atoms with Crippen LogP contribution in [0.5, 0.6) is 0 Å². The highest BCUT2D eigenvalue weighted by Gasteiger charge is 2.20. The first-order chi connectivity index (χ1) is 9.24. The van der Waals surface area contributed by atoms with E-state index in [-0.39, 0.29) is 0 Å². The highest BCUT2D eigenvalue weighted by molar-refractivity contribution is 9.10. The van der Waals surface area contributed by atoms with Crippen LogP contribution in [-0.4, -0.2) is 20.4 Å². The third kappa shape index (κ3) is 2.82. The summed E-state index contributed by atoms with van der Waals surface area (Å²) in [6.07, 6.45) is 11.1. The van der Waals surface area contributed by atoms with Crippen LogP contribution in [0.1, 0.15) is 38.3 Å². The normalized spacial score (nSPS) is 23.9. The summed E-state index contributed by atoms with van der Waals surface area (Å²) in [5, 5.41) is 3.69. The summed E-state index contributed by atoms with van der Waals surface area (Å²) >= 11 is 3.41. The van der Waals surface area contributed by atoms with Crippen molar-refractivity contribution >= 4 is 21.6 Å². The second-order valence-electron chi connectivity index (χ2n) is 5.44. The molecule has 19 heavy (non-hydrogen) atoms. The van der Waals surface area contributed by atoms with E-state index in [4.69, 9.17) is 0 Å². The molecule has 0 radical (unpaired) electrons. The van der Waals surface area contributed by atoms with Crippen LogP contribution in [0.25, 0.3) is 5.65 Å².